The highest BCUT2D eigenvalue weighted by Crippen LogP contribution is 2.41. The van der Waals surface area contributed by atoms with Crippen molar-refractivity contribution in [3.63, 3.8) is 0 Å². The summed E-state index contributed by atoms with van der Waals surface area (Å²) in [5.74, 6) is -0.715. The molecule has 0 saturated carbocycles. The van der Waals surface area contributed by atoms with Gasteiger partial charge in [-0.15, -0.1) is 0 Å². The fraction of sp³-hybridized carbons (Fsp3) is 0.471. The maximum atomic E-state index is 14.0. The first kappa shape index (κ1) is 31.6. The standard InChI is InChI=1S/C34H39F3N6O3/c1-19(2)43-18-27(29(40-43)34(35,36)37)31(44)41-11-9-21-12-22(23-14-24-20(3)15-38-30(24)39-16-23)13-25(26(21)17-41)28-8-7-10-42(28)32(45)46-33(4,5)6/h12-16,18-19,28H,7-11,17H2,1-6H3,(H,38,39). The largest absolute Gasteiger partial charge is 0.444 e. The number of pyridine rings is 1. The van der Waals surface area contributed by atoms with Crippen molar-refractivity contribution in [2.45, 2.75) is 91.2 Å². The zero-order chi connectivity index (χ0) is 33.1. The van der Waals surface area contributed by atoms with Crippen molar-refractivity contribution >= 4 is 23.0 Å². The predicted octanol–water partition coefficient (Wildman–Crippen LogP) is 7.61. The lowest BCUT2D eigenvalue weighted by Gasteiger charge is -2.35. The van der Waals surface area contributed by atoms with E-state index in [0.29, 0.717) is 19.4 Å². The Balaban J connectivity index is 1.43. The molecule has 12 heteroatoms. The molecule has 1 aromatic carbocycles. The molecule has 1 saturated heterocycles. The van der Waals surface area contributed by atoms with Crippen molar-refractivity contribution < 1.29 is 27.5 Å². The molecule has 9 nitrogen and oxygen atoms in total. The highest BCUT2D eigenvalue weighted by Gasteiger charge is 2.42. The van der Waals surface area contributed by atoms with Gasteiger partial charge in [-0.3, -0.25) is 9.48 Å². The van der Waals surface area contributed by atoms with Crippen molar-refractivity contribution in [2.24, 2.45) is 0 Å². The molecule has 0 aliphatic carbocycles. The van der Waals surface area contributed by atoms with Gasteiger partial charge >= 0.3 is 12.3 Å². The number of likely N-dealkylation sites (tertiary alicyclic amines) is 1. The summed E-state index contributed by atoms with van der Waals surface area (Å²) < 4.78 is 48.9. The summed E-state index contributed by atoms with van der Waals surface area (Å²) in [7, 11) is 0. The molecule has 2 aliphatic rings. The Kier molecular flexibility index (Phi) is 7.88. The Morgan fingerprint density at radius 3 is 2.54 bits per heavy atom. The van der Waals surface area contributed by atoms with Crippen LogP contribution in [-0.4, -0.2) is 60.2 Å². The molecule has 244 valence electrons. The number of hydrogen-bond donors (Lipinski definition) is 1. The van der Waals surface area contributed by atoms with E-state index in [1.807, 2.05) is 46.2 Å². The van der Waals surface area contributed by atoms with Crippen LogP contribution in [-0.2, 0) is 23.9 Å². The van der Waals surface area contributed by atoms with Gasteiger partial charge in [0.15, 0.2) is 5.69 Å². The van der Waals surface area contributed by atoms with Crippen LogP contribution in [0, 0.1) is 6.92 Å². The third-order valence-electron chi connectivity index (χ3n) is 8.74. The number of amides is 2. The van der Waals surface area contributed by atoms with Gasteiger partial charge in [-0.05, 0) is 101 Å². The maximum Gasteiger partial charge on any atom is 0.435 e. The Morgan fingerprint density at radius 1 is 1.09 bits per heavy atom. The van der Waals surface area contributed by atoms with E-state index in [1.165, 1.54) is 15.8 Å². The molecule has 0 spiro atoms. The fourth-order valence-electron chi connectivity index (χ4n) is 6.45. The van der Waals surface area contributed by atoms with Gasteiger partial charge in [0.1, 0.15) is 11.2 Å². The van der Waals surface area contributed by atoms with Gasteiger partial charge in [0.25, 0.3) is 5.91 Å². The second-order valence-corrected chi connectivity index (χ2v) is 13.6. The number of ether oxygens (including phenoxy) is 1. The number of aromatic nitrogens is 4. The van der Waals surface area contributed by atoms with Crippen molar-refractivity contribution in [3.05, 3.63) is 70.3 Å². The lowest BCUT2D eigenvalue weighted by atomic mass is 9.86. The summed E-state index contributed by atoms with van der Waals surface area (Å²) in [6.45, 7) is 11.8. The van der Waals surface area contributed by atoms with Crippen LogP contribution in [0.3, 0.4) is 0 Å². The van der Waals surface area contributed by atoms with Crippen molar-refractivity contribution in [1.82, 2.24) is 29.5 Å². The zero-order valence-electron chi connectivity index (χ0n) is 27.0. The SMILES string of the molecule is Cc1c[nH]c2ncc(-c3cc4c(c(C5CCCN5C(=O)OC(C)(C)C)c3)CN(C(=O)c3cn(C(C)C)nc3C(F)(F)F)CC4)cc12. The minimum absolute atomic E-state index is 0.112. The molecule has 46 heavy (non-hydrogen) atoms. The normalized spacial score (nSPS) is 17.2. The van der Waals surface area contributed by atoms with Crippen molar-refractivity contribution in [1.29, 1.82) is 0 Å². The van der Waals surface area contributed by atoms with Crippen LogP contribution in [0.4, 0.5) is 18.0 Å². The number of nitrogens with one attached hydrogen (secondary N) is 1. The molecular formula is C34H39F3N6O3. The third-order valence-corrected chi connectivity index (χ3v) is 8.74. The number of aromatic amines is 1. The van der Waals surface area contributed by atoms with Gasteiger partial charge in [-0.2, -0.15) is 18.3 Å². The minimum atomic E-state index is -4.77. The van der Waals surface area contributed by atoms with Crippen molar-refractivity contribution in [3.8, 4) is 11.1 Å². The predicted molar refractivity (Wildman–Crippen MR) is 167 cm³/mol. The molecular weight excluding hydrogens is 597 g/mol. The molecule has 2 aliphatic heterocycles. The van der Waals surface area contributed by atoms with Gasteiger partial charge < -0.3 is 19.5 Å². The van der Waals surface area contributed by atoms with E-state index in [9.17, 15) is 22.8 Å². The number of rotatable bonds is 4. The highest BCUT2D eigenvalue weighted by molar-refractivity contribution is 5.95. The van der Waals surface area contributed by atoms with Gasteiger partial charge in [0, 0.05) is 55.2 Å². The van der Waals surface area contributed by atoms with E-state index in [-0.39, 0.29) is 25.2 Å². The molecule has 1 atom stereocenters. The van der Waals surface area contributed by atoms with Crippen LogP contribution in [0.25, 0.3) is 22.2 Å². The first-order valence-electron chi connectivity index (χ1n) is 15.7. The lowest BCUT2D eigenvalue weighted by molar-refractivity contribution is -0.142. The summed E-state index contributed by atoms with van der Waals surface area (Å²) >= 11 is 0. The number of hydrogen-bond acceptors (Lipinski definition) is 5. The number of fused-ring (bicyclic) bond motifs is 2. The average Bonchev–Trinajstić information content (AvgIpc) is 3.74. The van der Waals surface area contributed by atoms with Crippen LogP contribution in [0.1, 0.15) is 97.8 Å². The average molecular weight is 637 g/mol. The molecule has 0 bridgehead atoms. The quantitative estimate of drug-likeness (QED) is 0.249. The van der Waals surface area contributed by atoms with Crippen molar-refractivity contribution in [2.75, 3.05) is 13.1 Å². The first-order valence-corrected chi connectivity index (χ1v) is 15.7. The number of carbonyl (C=O) groups is 2. The summed E-state index contributed by atoms with van der Waals surface area (Å²) in [6.07, 6.45) is 1.64. The summed E-state index contributed by atoms with van der Waals surface area (Å²) in [5.41, 5.74) is 4.10. The Hall–Kier alpha value is -4.35. The molecule has 0 radical (unpaired) electrons. The Labute approximate surface area is 265 Å². The Bertz CT molecular complexity index is 1820. The Morgan fingerprint density at radius 2 is 1.85 bits per heavy atom. The van der Waals surface area contributed by atoms with Gasteiger partial charge in [0.2, 0.25) is 0 Å². The summed E-state index contributed by atoms with van der Waals surface area (Å²) in [4.78, 5) is 38.1. The van der Waals surface area contributed by atoms with E-state index in [4.69, 9.17) is 4.74 Å². The van der Waals surface area contributed by atoms with Crippen LogP contribution >= 0.6 is 0 Å². The van der Waals surface area contributed by atoms with Gasteiger partial charge in [-0.25, -0.2) is 9.78 Å². The molecule has 2 amide bonds. The monoisotopic (exact) mass is 636 g/mol. The number of alkyl halides is 3. The third kappa shape index (κ3) is 5.96. The van der Waals surface area contributed by atoms with Crippen LogP contribution in [0.5, 0.6) is 0 Å². The van der Waals surface area contributed by atoms with E-state index in [1.54, 1.807) is 18.7 Å². The lowest BCUT2D eigenvalue weighted by Crippen LogP contribution is -2.39. The number of nitrogens with zero attached hydrogens (tertiary/aromatic N) is 5. The topological polar surface area (TPSA) is 96.4 Å². The minimum Gasteiger partial charge on any atom is -0.444 e. The number of H-pyrrole nitrogens is 1. The summed E-state index contributed by atoms with van der Waals surface area (Å²) in [5, 5.41) is 4.73. The number of aryl methyl sites for hydroxylation is 1. The van der Waals surface area contributed by atoms with Gasteiger partial charge in [0.05, 0.1) is 11.6 Å². The van der Waals surface area contributed by atoms with E-state index >= 15 is 0 Å². The van der Waals surface area contributed by atoms with E-state index in [2.05, 4.69) is 27.2 Å². The number of carbonyl (C=O) groups excluding carboxylic acids is 2. The zero-order valence-corrected chi connectivity index (χ0v) is 27.0. The fourth-order valence-corrected chi connectivity index (χ4v) is 6.45. The van der Waals surface area contributed by atoms with Crippen LogP contribution < -0.4 is 0 Å². The molecule has 1 unspecified atom stereocenters. The van der Waals surface area contributed by atoms with Crippen LogP contribution in [0.15, 0.2) is 36.8 Å². The second kappa shape index (κ2) is 11.5. The second-order valence-electron chi connectivity index (χ2n) is 13.6. The van der Waals surface area contributed by atoms with Gasteiger partial charge in [-0.1, -0.05) is 6.07 Å². The summed E-state index contributed by atoms with van der Waals surface area (Å²) in [6, 6.07) is 5.54. The molecule has 3 aromatic heterocycles. The smallest absolute Gasteiger partial charge is 0.435 e. The molecule has 6 rings (SSSR count). The first-order chi connectivity index (χ1) is 21.6. The molecule has 1 fully saturated rings. The maximum absolute atomic E-state index is 14.0. The molecule has 5 heterocycles. The number of halogens is 3. The van der Waals surface area contributed by atoms with E-state index < -0.39 is 35.0 Å². The number of benzene rings is 1. The van der Waals surface area contributed by atoms with E-state index in [0.717, 1.165) is 50.8 Å². The molecule has 4 aromatic rings. The molecule has 1 N–H and O–H groups in total. The van der Waals surface area contributed by atoms with Crippen LogP contribution in [0.2, 0.25) is 0 Å². The highest BCUT2D eigenvalue weighted by atomic mass is 19.4.